The second kappa shape index (κ2) is 6.27. The van der Waals surface area contributed by atoms with Crippen molar-refractivity contribution in [1.82, 2.24) is 0 Å². The van der Waals surface area contributed by atoms with E-state index in [2.05, 4.69) is 0 Å². The molecule has 0 aliphatic carbocycles. The fourth-order valence-corrected chi connectivity index (χ4v) is 1.01. The van der Waals surface area contributed by atoms with Crippen LogP contribution in [0.25, 0.3) is 0 Å². The standard InChI is InChI=1S/C10H13NO2.ClH/c1-2-13-10(12)7-8-3-5-9(11)6-4-8;/h3-6H,2,7,11H2,1H3;1H. The zero-order valence-electron chi connectivity index (χ0n) is 8.03. The Labute approximate surface area is 89.7 Å². The molecule has 0 amide bonds. The average molecular weight is 216 g/mol. The first-order valence-electron chi connectivity index (χ1n) is 4.22. The molecular weight excluding hydrogens is 202 g/mol. The van der Waals surface area contributed by atoms with E-state index in [-0.39, 0.29) is 18.4 Å². The lowest BCUT2D eigenvalue weighted by atomic mass is 10.1. The van der Waals surface area contributed by atoms with Gasteiger partial charge < -0.3 is 10.5 Å². The van der Waals surface area contributed by atoms with Crippen molar-refractivity contribution in [2.75, 3.05) is 12.3 Å². The summed E-state index contributed by atoms with van der Waals surface area (Å²) < 4.78 is 4.81. The van der Waals surface area contributed by atoms with Crippen LogP contribution >= 0.6 is 12.4 Å². The van der Waals surface area contributed by atoms with Crippen molar-refractivity contribution in [3.8, 4) is 0 Å². The molecule has 0 aromatic heterocycles. The Morgan fingerprint density at radius 2 is 1.93 bits per heavy atom. The first-order valence-corrected chi connectivity index (χ1v) is 4.22. The van der Waals surface area contributed by atoms with Gasteiger partial charge in [-0.2, -0.15) is 0 Å². The molecule has 78 valence electrons. The first kappa shape index (κ1) is 12.8. The van der Waals surface area contributed by atoms with Gasteiger partial charge in [0, 0.05) is 5.69 Å². The molecule has 0 radical (unpaired) electrons. The molecule has 0 spiro atoms. The van der Waals surface area contributed by atoms with E-state index in [1.807, 2.05) is 12.1 Å². The number of benzene rings is 1. The van der Waals surface area contributed by atoms with Crippen LogP contribution in [-0.2, 0) is 16.0 Å². The predicted molar refractivity (Wildman–Crippen MR) is 58.4 cm³/mol. The lowest BCUT2D eigenvalue weighted by Crippen LogP contribution is -2.07. The number of carbonyl (C=O) groups excluding carboxylic acids is 1. The number of ether oxygens (including phenoxy) is 1. The molecule has 0 aliphatic heterocycles. The molecule has 0 heterocycles. The van der Waals surface area contributed by atoms with Gasteiger partial charge in [-0.3, -0.25) is 4.79 Å². The normalized spacial score (nSPS) is 8.93. The highest BCUT2D eigenvalue weighted by Crippen LogP contribution is 2.06. The highest BCUT2D eigenvalue weighted by atomic mass is 35.5. The molecule has 1 aromatic rings. The smallest absolute Gasteiger partial charge is 0.310 e. The van der Waals surface area contributed by atoms with Gasteiger partial charge in [-0.25, -0.2) is 0 Å². The molecule has 0 saturated heterocycles. The number of anilines is 1. The molecule has 0 unspecified atom stereocenters. The molecule has 0 fully saturated rings. The van der Waals surface area contributed by atoms with Crippen LogP contribution in [0, 0.1) is 0 Å². The summed E-state index contributed by atoms with van der Waals surface area (Å²) in [6.07, 6.45) is 0.314. The number of hydrogen-bond donors (Lipinski definition) is 1. The predicted octanol–water partition coefficient (Wildman–Crippen LogP) is 1.80. The second-order valence-electron chi connectivity index (χ2n) is 2.72. The molecule has 1 rings (SSSR count). The maximum absolute atomic E-state index is 11.0. The highest BCUT2D eigenvalue weighted by molar-refractivity contribution is 5.85. The average Bonchev–Trinajstić information content (AvgIpc) is 2.09. The minimum atomic E-state index is -0.202. The Hall–Kier alpha value is -1.22. The zero-order chi connectivity index (χ0) is 9.68. The van der Waals surface area contributed by atoms with Crippen molar-refractivity contribution >= 4 is 24.1 Å². The van der Waals surface area contributed by atoms with Gasteiger partial charge in [0.2, 0.25) is 0 Å². The van der Waals surface area contributed by atoms with Crippen LogP contribution in [0.2, 0.25) is 0 Å². The monoisotopic (exact) mass is 215 g/mol. The van der Waals surface area contributed by atoms with E-state index < -0.39 is 0 Å². The summed E-state index contributed by atoms with van der Waals surface area (Å²) in [5.74, 6) is -0.202. The molecule has 14 heavy (non-hydrogen) atoms. The third-order valence-electron chi connectivity index (χ3n) is 1.63. The highest BCUT2D eigenvalue weighted by Gasteiger charge is 2.02. The van der Waals surface area contributed by atoms with Gasteiger partial charge in [0.25, 0.3) is 0 Å². The molecule has 0 atom stereocenters. The van der Waals surface area contributed by atoms with Crippen LogP contribution in [0.3, 0.4) is 0 Å². The van der Waals surface area contributed by atoms with Crippen LogP contribution in [0.1, 0.15) is 12.5 Å². The van der Waals surface area contributed by atoms with Gasteiger partial charge >= 0.3 is 5.97 Å². The number of rotatable bonds is 3. The molecule has 3 nitrogen and oxygen atoms in total. The minimum Gasteiger partial charge on any atom is -0.466 e. The van der Waals surface area contributed by atoms with Crippen LogP contribution in [0.4, 0.5) is 5.69 Å². The summed E-state index contributed by atoms with van der Waals surface area (Å²) >= 11 is 0. The Balaban J connectivity index is 0.00000169. The topological polar surface area (TPSA) is 52.3 Å². The quantitative estimate of drug-likeness (QED) is 0.618. The van der Waals surface area contributed by atoms with Crippen molar-refractivity contribution in [3.05, 3.63) is 29.8 Å². The minimum absolute atomic E-state index is 0. The SMILES string of the molecule is CCOC(=O)Cc1ccc(N)cc1.Cl. The van der Waals surface area contributed by atoms with Gasteiger partial charge in [-0.15, -0.1) is 12.4 Å². The van der Waals surface area contributed by atoms with E-state index in [4.69, 9.17) is 10.5 Å². The first-order chi connectivity index (χ1) is 6.22. The summed E-state index contributed by atoms with van der Waals surface area (Å²) in [5.41, 5.74) is 7.13. The Morgan fingerprint density at radius 1 is 1.36 bits per heavy atom. The number of carbonyl (C=O) groups is 1. The number of hydrogen-bond acceptors (Lipinski definition) is 3. The fourth-order valence-electron chi connectivity index (χ4n) is 1.01. The molecule has 0 aliphatic rings. The Bertz CT molecular complexity index is 285. The van der Waals surface area contributed by atoms with E-state index in [0.717, 1.165) is 5.56 Å². The van der Waals surface area contributed by atoms with E-state index in [1.165, 1.54) is 0 Å². The van der Waals surface area contributed by atoms with Crippen molar-refractivity contribution in [3.63, 3.8) is 0 Å². The molecule has 1 aromatic carbocycles. The lowest BCUT2D eigenvalue weighted by Gasteiger charge is -2.01. The van der Waals surface area contributed by atoms with Gasteiger partial charge in [0.1, 0.15) is 0 Å². The van der Waals surface area contributed by atoms with Crippen LogP contribution in [-0.4, -0.2) is 12.6 Å². The lowest BCUT2D eigenvalue weighted by molar-refractivity contribution is -0.142. The van der Waals surface area contributed by atoms with Crippen molar-refractivity contribution < 1.29 is 9.53 Å². The number of esters is 1. The van der Waals surface area contributed by atoms with E-state index in [0.29, 0.717) is 18.7 Å². The number of halogens is 1. The maximum atomic E-state index is 11.0. The fraction of sp³-hybridized carbons (Fsp3) is 0.300. The second-order valence-corrected chi connectivity index (χ2v) is 2.72. The molecular formula is C10H14ClNO2. The summed E-state index contributed by atoms with van der Waals surface area (Å²) in [7, 11) is 0. The Morgan fingerprint density at radius 3 is 2.43 bits per heavy atom. The third-order valence-corrected chi connectivity index (χ3v) is 1.63. The van der Waals surface area contributed by atoms with Crippen molar-refractivity contribution in [2.24, 2.45) is 0 Å². The number of nitrogens with two attached hydrogens (primary N) is 1. The van der Waals surface area contributed by atoms with Crippen LogP contribution in [0.5, 0.6) is 0 Å². The number of nitrogen functional groups attached to an aromatic ring is 1. The van der Waals surface area contributed by atoms with E-state index in [1.54, 1.807) is 19.1 Å². The largest absolute Gasteiger partial charge is 0.466 e. The molecule has 2 N–H and O–H groups in total. The van der Waals surface area contributed by atoms with E-state index >= 15 is 0 Å². The van der Waals surface area contributed by atoms with Crippen LogP contribution in [0.15, 0.2) is 24.3 Å². The van der Waals surface area contributed by atoms with Gasteiger partial charge in [0.05, 0.1) is 13.0 Å². The zero-order valence-corrected chi connectivity index (χ0v) is 8.84. The molecule has 4 heteroatoms. The maximum Gasteiger partial charge on any atom is 0.310 e. The van der Waals surface area contributed by atoms with Gasteiger partial charge in [-0.05, 0) is 24.6 Å². The van der Waals surface area contributed by atoms with E-state index in [9.17, 15) is 4.79 Å². The summed E-state index contributed by atoms with van der Waals surface area (Å²) in [6.45, 7) is 2.22. The van der Waals surface area contributed by atoms with Crippen molar-refractivity contribution in [1.29, 1.82) is 0 Å². The molecule has 0 saturated carbocycles. The third kappa shape index (κ3) is 4.14. The van der Waals surface area contributed by atoms with Crippen molar-refractivity contribution in [2.45, 2.75) is 13.3 Å². The summed E-state index contributed by atoms with van der Waals surface area (Å²) in [4.78, 5) is 11.0. The van der Waals surface area contributed by atoms with Crippen LogP contribution < -0.4 is 5.73 Å². The Kier molecular flexibility index (Phi) is 5.72. The van der Waals surface area contributed by atoms with Gasteiger partial charge in [-0.1, -0.05) is 12.1 Å². The molecule has 0 bridgehead atoms. The summed E-state index contributed by atoms with van der Waals surface area (Å²) in [6, 6.07) is 7.20. The van der Waals surface area contributed by atoms with Gasteiger partial charge in [0.15, 0.2) is 0 Å². The summed E-state index contributed by atoms with van der Waals surface area (Å²) in [5, 5.41) is 0.